The number of hydrogen-bond acceptors (Lipinski definition) is 3. The van der Waals surface area contributed by atoms with Crippen LogP contribution in [0.2, 0.25) is 0 Å². The zero-order valence-corrected chi connectivity index (χ0v) is 13.1. The fourth-order valence-corrected chi connectivity index (χ4v) is 2.23. The van der Waals surface area contributed by atoms with Crippen molar-refractivity contribution in [3.63, 3.8) is 0 Å². The molecular weight excluding hydrogens is 290 g/mol. The van der Waals surface area contributed by atoms with Crippen LogP contribution in [-0.4, -0.2) is 17.0 Å². The van der Waals surface area contributed by atoms with Gasteiger partial charge >= 0.3 is 0 Å². The minimum Gasteiger partial charge on any atom is -0.508 e. The fraction of sp³-hybridized carbons (Fsp3) is 0.111. The first kappa shape index (κ1) is 16.3. The normalized spacial score (nSPS) is 11.1. The van der Waals surface area contributed by atoms with E-state index in [4.69, 9.17) is 11.1 Å². The number of phenolic OH excluding ortho intramolecular Hbond substituents is 1. The van der Waals surface area contributed by atoms with Gasteiger partial charge in [-0.1, -0.05) is 30.3 Å². The van der Waals surface area contributed by atoms with E-state index in [1.165, 1.54) is 0 Å². The monoisotopic (exact) mass is 309 g/mol. The van der Waals surface area contributed by atoms with Gasteiger partial charge < -0.3 is 10.8 Å². The van der Waals surface area contributed by atoms with Gasteiger partial charge in [0.2, 0.25) is 0 Å². The lowest BCUT2D eigenvalue weighted by atomic mass is 9.96. The summed E-state index contributed by atoms with van der Waals surface area (Å²) in [4.78, 5) is 11.9. The summed E-state index contributed by atoms with van der Waals surface area (Å²) in [5.74, 6) is -0.543. The molecule has 0 saturated carbocycles. The first-order valence-corrected chi connectivity index (χ1v) is 7.11. The number of carbonyl (C=O) groups excluding carboxylic acids is 1. The molecule has 0 bridgehead atoms. The average molecular weight is 309 g/mol. The van der Waals surface area contributed by atoms with Gasteiger partial charge in [0, 0.05) is 5.57 Å². The van der Waals surface area contributed by atoms with Gasteiger partial charge in [-0.25, -0.2) is 0 Å². The molecule has 118 valence electrons. The predicted octanol–water partition coefficient (Wildman–Crippen LogP) is 2.78. The quantitative estimate of drug-likeness (QED) is 0.398. The third kappa shape index (κ3) is 3.97. The molecule has 0 heterocycles. The maximum atomic E-state index is 11.9. The zero-order valence-electron chi connectivity index (χ0n) is 13.1. The van der Waals surface area contributed by atoms with Gasteiger partial charge in [-0.2, -0.15) is 0 Å². The summed E-state index contributed by atoms with van der Waals surface area (Å²) in [6.07, 6.45) is 1.75. The maximum Gasteiger partial charge on any atom is 0.253 e. The molecule has 0 aromatic heterocycles. The molecule has 5 nitrogen and oxygen atoms in total. The van der Waals surface area contributed by atoms with Gasteiger partial charge in [0.15, 0.2) is 5.96 Å². The first-order chi connectivity index (χ1) is 10.9. The van der Waals surface area contributed by atoms with Crippen LogP contribution in [0.15, 0.2) is 48.0 Å². The van der Waals surface area contributed by atoms with Crippen molar-refractivity contribution >= 4 is 17.9 Å². The molecule has 5 heteroatoms. The van der Waals surface area contributed by atoms with Crippen LogP contribution >= 0.6 is 0 Å². The average Bonchev–Trinajstić information content (AvgIpc) is 2.50. The second-order valence-corrected chi connectivity index (χ2v) is 5.28. The van der Waals surface area contributed by atoms with E-state index in [1.807, 2.05) is 43.3 Å². The highest BCUT2D eigenvalue weighted by Gasteiger charge is 2.08. The molecule has 0 unspecified atom stereocenters. The van der Waals surface area contributed by atoms with Gasteiger partial charge in [-0.15, -0.1) is 0 Å². The molecule has 0 aliphatic rings. The molecule has 0 aliphatic carbocycles. The largest absolute Gasteiger partial charge is 0.508 e. The number of nitrogens with two attached hydrogens (primary N) is 1. The van der Waals surface area contributed by atoms with E-state index in [9.17, 15) is 9.90 Å². The minimum absolute atomic E-state index is 0.249. The lowest BCUT2D eigenvalue weighted by Crippen LogP contribution is -2.36. The second kappa shape index (κ2) is 6.79. The van der Waals surface area contributed by atoms with Crippen LogP contribution in [0.4, 0.5) is 0 Å². The van der Waals surface area contributed by atoms with E-state index in [-0.39, 0.29) is 11.7 Å². The van der Waals surface area contributed by atoms with Crippen molar-refractivity contribution in [1.29, 1.82) is 5.41 Å². The molecular formula is C18H19N3O2. The van der Waals surface area contributed by atoms with Crippen LogP contribution in [0, 0.1) is 12.3 Å². The third-order valence-corrected chi connectivity index (χ3v) is 3.45. The number of phenols is 1. The number of hydrogen-bond donors (Lipinski definition) is 4. The first-order valence-electron chi connectivity index (χ1n) is 7.11. The second-order valence-electron chi connectivity index (χ2n) is 5.28. The van der Waals surface area contributed by atoms with Crippen LogP contribution in [0.25, 0.3) is 17.2 Å². The van der Waals surface area contributed by atoms with E-state index in [2.05, 4.69) is 5.32 Å². The van der Waals surface area contributed by atoms with E-state index in [1.54, 1.807) is 19.1 Å². The Bertz CT molecular complexity index is 795. The Morgan fingerprint density at radius 2 is 1.96 bits per heavy atom. The molecule has 0 radical (unpaired) electrons. The van der Waals surface area contributed by atoms with Crippen molar-refractivity contribution < 1.29 is 9.90 Å². The standard InChI is InChI=1S/C18H19N3O2/c1-11-9-14(7-8-16(11)22)15-6-4-3-5-13(15)10-12(2)17(23)21-18(19)20/h3-10,22H,1-2H3,(H4,19,20,21,23)/b12-10+. The van der Waals surface area contributed by atoms with Crippen molar-refractivity contribution in [3.05, 3.63) is 59.2 Å². The number of rotatable bonds is 3. The van der Waals surface area contributed by atoms with Crippen molar-refractivity contribution in [3.8, 4) is 16.9 Å². The number of guanidine groups is 1. The molecule has 0 spiro atoms. The SMILES string of the molecule is C/C(=C\c1ccccc1-c1ccc(O)c(C)c1)C(=O)NC(=N)N. The van der Waals surface area contributed by atoms with Crippen molar-refractivity contribution in [2.75, 3.05) is 0 Å². The van der Waals surface area contributed by atoms with Crippen molar-refractivity contribution in [2.45, 2.75) is 13.8 Å². The molecule has 0 saturated heterocycles. The Hall–Kier alpha value is -3.08. The van der Waals surface area contributed by atoms with E-state index in [0.717, 1.165) is 22.3 Å². The summed E-state index contributed by atoms with van der Waals surface area (Å²) >= 11 is 0. The zero-order chi connectivity index (χ0) is 17.0. The number of benzene rings is 2. The number of nitrogens with one attached hydrogen (secondary N) is 2. The third-order valence-electron chi connectivity index (χ3n) is 3.45. The Morgan fingerprint density at radius 3 is 2.61 bits per heavy atom. The minimum atomic E-state index is -0.408. The van der Waals surface area contributed by atoms with Crippen molar-refractivity contribution in [2.24, 2.45) is 5.73 Å². The molecule has 0 atom stereocenters. The summed E-state index contributed by atoms with van der Waals surface area (Å²) < 4.78 is 0. The molecule has 0 fully saturated rings. The lowest BCUT2D eigenvalue weighted by Gasteiger charge is -2.09. The van der Waals surface area contributed by atoms with Crippen LogP contribution in [0.3, 0.4) is 0 Å². The van der Waals surface area contributed by atoms with Gasteiger partial charge in [-0.05, 0) is 54.3 Å². The van der Waals surface area contributed by atoms with E-state index >= 15 is 0 Å². The molecule has 5 N–H and O–H groups in total. The van der Waals surface area contributed by atoms with Crippen LogP contribution in [0.5, 0.6) is 5.75 Å². The Balaban J connectivity index is 2.43. The summed E-state index contributed by atoms with van der Waals surface area (Å²) in [6.45, 7) is 3.50. The molecule has 2 aromatic rings. The van der Waals surface area contributed by atoms with E-state index in [0.29, 0.717) is 5.57 Å². The van der Waals surface area contributed by atoms with Gasteiger partial charge in [-0.3, -0.25) is 15.5 Å². The highest BCUT2D eigenvalue weighted by molar-refractivity contribution is 6.06. The van der Waals surface area contributed by atoms with Crippen LogP contribution in [0.1, 0.15) is 18.1 Å². The van der Waals surface area contributed by atoms with Crippen molar-refractivity contribution in [1.82, 2.24) is 5.32 Å². The molecule has 1 amide bonds. The smallest absolute Gasteiger partial charge is 0.253 e. The number of amides is 1. The summed E-state index contributed by atoms with van der Waals surface area (Å²) in [6, 6.07) is 13.0. The number of aryl methyl sites for hydroxylation is 1. The molecule has 23 heavy (non-hydrogen) atoms. The van der Waals surface area contributed by atoms with Gasteiger partial charge in [0.05, 0.1) is 0 Å². The molecule has 2 rings (SSSR count). The lowest BCUT2D eigenvalue weighted by molar-refractivity contribution is -0.116. The Labute approximate surface area is 135 Å². The summed E-state index contributed by atoms with van der Waals surface area (Å²) in [7, 11) is 0. The van der Waals surface area contributed by atoms with Gasteiger partial charge in [0.1, 0.15) is 5.75 Å². The maximum absolute atomic E-state index is 11.9. The Morgan fingerprint density at radius 1 is 1.26 bits per heavy atom. The highest BCUT2D eigenvalue weighted by atomic mass is 16.3. The highest BCUT2D eigenvalue weighted by Crippen LogP contribution is 2.29. The number of carbonyl (C=O) groups is 1. The van der Waals surface area contributed by atoms with Crippen LogP contribution in [-0.2, 0) is 4.79 Å². The molecule has 2 aromatic carbocycles. The Kier molecular flexibility index (Phi) is 4.81. The molecule has 0 aliphatic heterocycles. The number of aromatic hydroxyl groups is 1. The fourth-order valence-electron chi connectivity index (χ4n) is 2.23. The predicted molar refractivity (Wildman–Crippen MR) is 92.0 cm³/mol. The van der Waals surface area contributed by atoms with E-state index < -0.39 is 5.91 Å². The van der Waals surface area contributed by atoms with Crippen LogP contribution < -0.4 is 11.1 Å². The topological polar surface area (TPSA) is 99.2 Å². The summed E-state index contributed by atoms with van der Waals surface area (Å²) in [5.41, 5.74) is 9.18. The van der Waals surface area contributed by atoms with Gasteiger partial charge in [0.25, 0.3) is 5.91 Å². The summed E-state index contributed by atoms with van der Waals surface area (Å²) in [5, 5.41) is 19.0.